The normalized spacial score (nSPS) is 13.6. The SMILES string of the molecule is CCc1cc(CC(=O)C(C)S(C)(=O)=O)n(CC)n1. The highest BCUT2D eigenvalue weighted by atomic mass is 32.2. The lowest BCUT2D eigenvalue weighted by Gasteiger charge is -2.09. The van der Waals surface area contributed by atoms with Gasteiger partial charge in [0.25, 0.3) is 0 Å². The minimum atomic E-state index is -3.32. The van der Waals surface area contributed by atoms with Crippen molar-refractivity contribution in [2.75, 3.05) is 6.26 Å². The number of carbonyl (C=O) groups is 1. The van der Waals surface area contributed by atoms with Crippen LogP contribution in [-0.2, 0) is 34.0 Å². The van der Waals surface area contributed by atoms with Crippen LogP contribution in [0, 0.1) is 0 Å². The summed E-state index contributed by atoms with van der Waals surface area (Å²) in [5, 5.41) is 3.38. The lowest BCUT2D eigenvalue weighted by molar-refractivity contribution is -0.117. The molecule has 5 nitrogen and oxygen atoms in total. The molecule has 0 aliphatic heterocycles. The van der Waals surface area contributed by atoms with Gasteiger partial charge in [0.2, 0.25) is 0 Å². The Bertz CT molecular complexity index is 532. The van der Waals surface area contributed by atoms with Gasteiger partial charge in [-0.25, -0.2) is 8.42 Å². The Hall–Kier alpha value is -1.17. The number of carbonyl (C=O) groups excluding carboxylic acids is 1. The summed E-state index contributed by atoms with van der Waals surface area (Å²) in [7, 11) is -3.32. The van der Waals surface area contributed by atoms with Gasteiger partial charge >= 0.3 is 0 Å². The van der Waals surface area contributed by atoms with Crippen LogP contribution in [0.4, 0.5) is 0 Å². The second-order valence-corrected chi connectivity index (χ2v) is 6.78. The maximum atomic E-state index is 11.9. The molecule has 1 unspecified atom stereocenters. The van der Waals surface area contributed by atoms with Gasteiger partial charge in [0.15, 0.2) is 15.6 Å². The topological polar surface area (TPSA) is 69.0 Å². The molecule has 18 heavy (non-hydrogen) atoms. The van der Waals surface area contributed by atoms with Crippen molar-refractivity contribution in [1.82, 2.24) is 9.78 Å². The second-order valence-electron chi connectivity index (χ2n) is 4.41. The van der Waals surface area contributed by atoms with E-state index in [0.29, 0.717) is 6.54 Å². The molecule has 0 aliphatic carbocycles. The van der Waals surface area contributed by atoms with E-state index >= 15 is 0 Å². The highest BCUT2D eigenvalue weighted by Crippen LogP contribution is 2.10. The van der Waals surface area contributed by atoms with Crippen molar-refractivity contribution in [3.05, 3.63) is 17.5 Å². The first-order valence-corrected chi connectivity index (χ1v) is 8.02. The van der Waals surface area contributed by atoms with Crippen molar-refractivity contribution >= 4 is 15.6 Å². The zero-order valence-electron chi connectivity index (χ0n) is 11.3. The monoisotopic (exact) mass is 272 g/mol. The quantitative estimate of drug-likeness (QED) is 0.775. The number of Topliss-reactive ketones (excluding diaryl/α,β-unsaturated/α-hetero) is 1. The molecule has 0 saturated carbocycles. The van der Waals surface area contributed by atoms with E-state index in [4.69, 9.17) is 0 Å². The van der Waals surface area contributed by atoms with E-state index in [-0.39, 0.29) is 12.2 Å². The Morgan fingerprint density at radius 1 is 1.44 bits per heavy atom. The van der Waals surface area contributed by atoms with Crippen LogP contribution >= 0.6 is 0 Å². The summed E-state index contributed by atoms with van der Waals surface area (Å²) in [6.07, 6.45) is 2.01. The van der Waals surface area contributed by atoms with Gasteiger partial charge in [0, 0.05) is 24.9 Å². The maximum Gasteiger partial charge on any atom is 0.157 e. The third kappa shape index (κ3) is 3.41. The van der Waals surface area contributed by atoms with Gasteiger partial charge in [-0.1, -0.05) is 6.92 Å². The average Bonchev–Trinajstić information content (AvgIpc) is 2.69. The highest BCUT2D eigenvalue weighted by molar-refractivity contribution is 7.92. The van der Waals surface area contributed by atoms with Gasteiger partial charge in [0.05, 0.1) is 5.69 Å². The fourth-order valence-electron chi connectivity index (χ4n) is 1.66. The van der Waals surface area contributed by atoms with E-state index in [1.165, 1.54) is 6.92 Å². The molecule has 0 saturated heterocycles. The molecule has 0 amide bonds. The summed E-state index contributed by atoms with van der Waals surface area (Å²) in [5.74, 6) is -0.283. The summed E-state index contributed by atoms with van der Waals surface area (Å²) in [6, 6.07) is 1.87. The highest BCUT2D eigenvalue weighted by Gasteiger charge is 2.24. The Morgan fingerprint density at radius 2 is 2.06 bits per heavy atom. The lowest BCUT2D eigenvalue weighted by Crippen LogP contribution is -2.28. The van der Waals surface area contributed by atoms with Crippen LogP contribution in [-0.4, -0.2) is 35.5 Å². The van der Waals surface area contributed by atoms with Crippen LogP contribution in [0.1, 0.15) is 32.2 Å². The number of aromatic nitrogens is 2. The molecule has 1 heterocycles. The Balaban J connectivity index is 2.91. The van der Waals surface area contributed by atoms with E-state index in [1.54, 1.807) is 4.68 Å². The van der Waals surface area contributed by atoms with Crippen molar-refractivity contribution in [1.29, 1.82) is 0 Å². The summed E-state index contributed by atoms with van der Waals surface area (Å²) < 4.78 is 24.4. The van der Waals surface area contributed by atoms with Gasteiger partial charge in [0.1, 0.15) is 5.25 Å². The molecule has 0 N–H and O–H groups in total. The Kier molecular flexibility index (Phi) is 4.67. The van der Waals surface area contributed by atoms with Gasteiger partial charge in [-0.05, 0) is 26.3 Å². The fourth-order valence-corrected chi connectivity index (χ4v) is 2.23. The molecular formula is C12H20N2O3S. The first kappa shape index (κ1) is 14.9. The predicted octanol–water partition coefficient (Wildman–Crippen LogP) is 1.01. The first-order chi connectivity index (χ1) is 8.29. The Labute approximate surface area is 108 Å². The van der Waals surface area contributed by atoms with Gasteiger partial charge in [-0.3, -0.25) is 9.48 Å². The van der Waals surface area contributed by atoms with Crippen LogP contribution in [0.2, 0.25) is 0 Å². The molecule has 1 aromatic heterocycles. The van der Waals surface area contributed by atoms with Crippen LogP contribution < -0.4 is 0 Å². The number of nitrogens with zero attached hydrogens (tertiary/aromatic N) is 2. The zero-order chi connectivity index (χ0) is 13.9. The average molecular weight is 272 g/mol. The number of aryl methyl sites for hydroxylation is 2. The van der Waals surface area contributed by atoms with Crippen molar-refractivity contribution in [2.45, 2.75) is 45.4 Å². The number of hydrogen-bond donors (Lipinski definition) is 0. The molecule has 6 heteroatoms. The maximum absolute atomic E-state index is 11.9. The molecule has 102 valence electrons. The molecular weight excluding hydrogens is 252 g/mol. The molecule has 0 aliphatic rings. The third-order valence-corrected chi connectivity index (χ3v) is 4.57. The van der Waals surface area contributed by atoms with E-state index in [9.17, 15) is 13.2 Å². The van der Waals surface area contributed by atoms with Gasteiger partial charge in [-0.15, -0.1) is 0 Å². The number of hydrogen-bond acceptors (Lipinski definition) is 4. The number of sulfone groups is 1. The van der Waals surface area contributed by atoms with Gasteiger partial charge in [-0.2, -0.15) is 5.10 Å². The predicted molar refractivity (Wildman–Crippen MR) is 70.3 cm³/mol. The molecule has 0 aromatic carbocycles. The molecule has 1 rings (SSSR count). The van der Waals surface area contributed by atoms with Crippen LogP contribution in [0.3, 0.4) is 0 Å². The van der Waals surface area contributed by atoms with Gasteiger partial charge < -0.3 is 0 Å². The molecule has 0 fully saturated rings. The summed E-state index contributed by atoms with van der Waals surface area (Å²) in [4.78, 5) is 11.9. The summed E-state index contributed by atoms with van der Waals surface area (Å²) in [6.45, 7) is 6.05. The smallest absolute Gasteiger partial charge is 0.157 e. The second kappa shape index (κ2) is 5.65. The molecule has 1 atom stereocenters. The van der Waals surface area contributed by atoms with Crippen molar-refractivity contribution in [3.63, 3.8) is 0 Å². The summed E-state index contributed by atoms with van der Waals surface area (Å²) >= 11 is 0. The van der Waals surface area contributed by atoms with Crippen LogP contribution in [0.15, 0.2) is 6.07 Å². The van der Waals surface area contributed by atoms with E-state index in [1.807, 2.05) is 19.9 Å². The van der Waals surface area contributed by atoms with Crippen molar-refractivity contribution < 1.29 is 13.2 Å². The largest absolute Gasteiger partial charge is 0.298 e. The molecule has 0 radical (unpaired) electrons. The lowest BCUT2D eigenvalue weighted by atomic mass is 10.1. The van der Waals surface area contributed by atoms with Crippen molar-refractivity contribution in [3.8, 4) is 0 Å². The first-order valence-electron chi connectivity index (χ1n) is 6.06. The molecule has 1 aromatic rings. The zero-order valence-corrected chi connectivity index (χ0v) is 12.1. The molecule has 0 spiro atoms. The number of rotatable bonds is 6. The van der Waals surface area contributed by atoms with E-state index < -0.39 is 15.1 Å². The number of ketones is 1. The third-order valence-electron chi connectivity index (χ3n) is 3.03. The minimum Gasteiger partial charge on any atom is -0.298 e. The van der Waals surface area contributed by atoms with Crippen LogP contribution in [0.25, 0.3) is 0 Å². The fraction of sp³-hybridized carbons (Fsp3) is 0.667. The van der Waals surface area contributed by atoms with Crippen LogP contribution in [0.5, 0.6) is 0 Å². The summed E-state index contributed by atoms with van der Waals surface area (Å²) in [5.41, 5.74) is 1.71. The minimum absolute atomic E-state index is 0.120. The van der Waals surface area contributed by atoms with E-state index in [0.717, 1.165) is 24.1 Å². The standard InChI is InChI=1S/C12H20N2O3S/c1-5-10-7-11(14(6-2)13-10)8-12(15)9(3)18(4,16)17/h7,9H,5-6,8H2,1-4H3. The molecule has 0 bridgehead atoms. The van der Waals surface area contributed by atoms with Crippen molar-refractivity contribution in [2.24, 2.45) is 0 Å². The van der Waals surface area contributed by atoms with E-state index in [2.05, 4.69) is 5.10 Å². The Morgan fingerprint density at radius 3 is 2.50 bits per heavy atom.